The number of methoxy groups -OCH3 is 1. The first kappa shape index (κ1) is 69.3. The minimum atomic E-state index is -2.35. The second-order valence-corrected chi connectivity index (χ2v) is 37.2. The van der Waals surface area contributed by atoms with Crippen LogP contribution in [-0.2, 0) is 26.1 Å². The Balaban J connectivity index is 0.668. The van der Waals surface area contributed by atoms with Crippen LogP contribution in [-0.4, -0.2) is 168 Å². The lowest BCUT2D eigenvalue weighted by molar-refractivity contribution is -0.135. The summed E-state index contributed by atoms with van der Waals surface area (Å²) in [6.07, 6.45) is 13.8. The van der Waals surface area contributed by atoms with Gasteiger partial charge in [0.2, 0.25) is 11.8 Å². The molecule has 6 aliphatic heterocycles. The number of likely N-dealkylation sites (tertiary alicyclic amines) is 2. The molecule has 2 bridgehead atoms. The molecule has 526 valence electrons. The topological polar surface area (TPSA) is 182 Å². The molecule has 1 aliphatic carbocycles. The second-order valence-electron chi connectivity index (χ2n) is 31.6. The van der Waals surface area contributed by atoms with Gasteiger partial charge in [0, 0.05) is 88.1 Å². The number of rotatable bonds is 19. The molecule has 0 spiro atoms. The van der Waals surface area contributed by atoms with Gasteiger partial charge in [0.05, 0.1) is 40.7 Å². The largest absolute Gasteiger partial charge is 0.468 e. The van der Waals surface area contributed by atoms with Crippen molar-refractivity contribution in [2.75, 3.05) is 95.8 Å². The molecular weight excluding hydrogens is 1260 g/mol. The maximum Gasteiger partial charge on any atom is 0.410 e. The highest BCUT2D eigenvalue weighted by Crippen LogP contribution is 2.49. The highest BCUT2D eigenvalue weighted by atomic mass is 28.3. The van der Waals surface area contributed by atoms with Crippen molar-refractivity contribution in [2.24, 2.45) is 30.2 Å². The van der Waals surface area contributed by atoms with Gasteiger partial charge in [-0.15, -0.1) is 5.54 Å². The fourth-order valence-corrected chi connectivity index (χ4v) is 22.9. The van der Waals surface area contributed by atoms with E-state index in [1.54, 1.807) is 40.6 Å². The van der Waals surface area contributed by atoms with Crippen LogP contribution in [0.25, 0.3) is 44.0 Å². The molecule has 6 aromatic rings. The third-order valence-corrected chi connectivity index (χ3v) is 29.4. The number of aryl methyl sites for hydroxylation is 1. The number of ether oxygens (including phenoxy) is 4. The van der Waals surface area contributed by atoms with Crippen molar-refractivity contribution in [1.29, 1.82) is 0 Å². The lowest BCUT2D eigenvalue weighted by atomic mass is 9.82. The Morgan fingerprint density at radius 3 is 2.07 bits per heavy atom. The molecule has 1 saturated carbocycles. The maximum atomic E-state index is 18.3. The number of nitrogens with one attached hydrogen (secondary N) is 1. The molecule has 1 N–H and O–H groups in total. The first-order valence-corrected chi connectivity index (χ1v) is 38.5. The van der Waals surface area contributed by atoms with Crippen molar-refractivity contribution >= 4 is 70.2 Å². The molecule has 22 heteroatoms. The molecule has 9 heterocycles. The molecule has 19 nitrogen and oxygen atoms in total. The molecule has 6 saturated heterocycles. The summed E-state index contributed by atoms with van der Waals surface area (Å²) in [4.78, 5) is 78.5. The number of nitrogens with zero attached hydrogens (tertiary/aromatic N) is 10. The summed E-state index contributed by atoms with van der Waals surface area (Å²) in [5.74, 6) is 4.47. The first-order valence-electron chi connectivity index (χ1n) is 36.3. The molecule has 13 rings (SSSR count). The standard InChI is InChI=1S/C76H101F2N11O8Si/c1-47(2)98(48(3)4,49(5)6)35-26-58-61(77)16-12-53-37-57(96-46-94-11)39-59(66(53)58)68-67(78)69-60(40-79-68)70(87-42-55-13-14-56(43-87)88(55)74(93)97-75(7,8)9)82-72(81-69)95-45-76(27-28-76)44-85-31-22-51(23-32-85)36-50-20-29-84(30-21-50)41-52-24-33-86(34-25-52)54-15-17-62-64(38-54)83(10)73(92)89(62)63-18-19-65(90)80-71(63)91/h12,15-17,37-40,47-52,55-56,63H,13-14,18-25,27-34,36,41-46H2,1-11H3,(H,80,90,91). The van der Waals surface area contributed by atoms with Crippen LogP contribution in [0.3, 0.4) is 0 Å². The van der Waals surface area contributed by atoms with Crippen molar-refractivity contribution < 1.29 is 42.1 Å². The number of hydrogen-bond acceptors (Lipinski definition) is 15. The van der Waals surface area contributed by atoms with Gasteiger partial charge in [-0.2, -0.15) is 9.97 Å². The van der Waals surface area contributed by atoms with Gasteiger partial charge in [0.25, 0.3) is 0 Å². The number of imidazole rings is 1. The van der Waals surface area contributed by atoms with E-state index < -0.39 is 37.3 Å². The number of imide groups is 1. The van der Waals surface area contributed by atoms with Crippen LogP contribution in [0.2, 0.25) is 16.6 Å². The summed E-state index contributed by atoms with van der Waals surface area (Å²) < 4.78 is 62.2. The number of hydrogen-bond donors (Lipinski definition) is 1. The summed E-state index contributed by atoms with van der Waals surface area (Å²) in [7, 11) is 0.932. The third-order valence-electron chi connectivity index (χ3n) is 23.1. The number of carbonyl (C=O) groups excluding carboxylic acids is 3. The van der Waals surface area contributed by atoms with Crippen molar-refractivity contribution in [3.8, 4) is 34.5 Å². The highest BCUT2D eigenvalue weighted by Gasteiger charge is 2.48. The third kappa shape index (κ3) is 14.0. The van der Waals surface area contributed by atoms with Gasteiger partial charge >= 0.3 is 17.8 Å². The lowest BCUT2D eigenvalue weighted by Gasteiger charge is -2.42. The van der Waals surface area contributed by atoms with Crippen LogP contribution in [0.5, 0.6) is 11.8 Å². The van der Waals surface area contributed by atoms with Gasteiger partial charge in [-0.25, -0.2) is 18.4 Å². The highest BCUT2D eigenvalue weighted by molar-refractivity contribution is 6.90. The summed E-state index contributed by atoms with van der Waals surface area (Å²) >= 11 is 0. The SMILES string of the molecule is COCOc1cc(-c2ncc3c(N4CC5CCC(C4)N5C(=O)OC(C)(C)C)nc(OCC4(CN5CCC(CC6CCN(CC7CCN(c8ccc9c(c8)n(C)c(=O)n9C8CCC(=O)NC8=O)CC7)CC6)CC5)CC4)nc3c2F)c2c(C#C[Si](C(C)C)(C(C)C)C(C)C)c(F)ccc2c1. The zero-order chi connectivity index (χ0) is 69.1. The van der Waals surface area contributed by atoms with Gasteiger partial charge in [-0.3, -0.25) is 33.9 Å². The molecule has 3 atom stereocenters. The lowest BCUT2D eigenvalue weighted by Crippen LogP contribution is -2.57. The van der Waals surface area contributed by atoms with E-state index in [-0.39, 0.29) is 71.2 Å². The number of fused-ring (bicyclic) bond motifs is 5. The van der Waals surface area contributed by atoms with Crippen molar-refractivity contribution in [2.45, 2.75) is 186 Å². The zero-order valence-corrected chi connectivity index (χ0v) is 60.5. The number of anilines is 2. The van der Waals surface area contributed by atoms with Crippen LogP contribution in [0.1, 0.15) is 157 Å². The van der Waals surface area contributed by atoms with Gasteiger partial charge in [0.15, 0.2) is 12.6 Å². The Kier molecular flexibility index (Phi) is 19.9. The van der Waals surface area contributed by atoms with Crippen LogP contribution >= 0.6 is 0 Å². The summed E-state index contributed by atoms with van der Waals surface area (Å²) in [5, 5.41) is 3.86. The number of benzene rings is 3. The predicted octanol–water partition coefficient (Wildman–Crippen LogP) is 12.8. The maximum absolute atomic E-state index is 18.3. The number of aromatic nitrogens is 5. The van der Waals surface area contributed by atoms with E-state index in [0.29, 0.717) is 93.4 Å². The van der Waals surface area contributed by atoms with E-state index in [1.807, 2.05) is 31.7 Å². The van der Waals surface area contributed by atoms with E-state index in [0.717, 1.165) is 108 Å². The first-order chi connectivity index (χ1) is 46.9. The normalized spacial score (nSPS) is 21.7. The minimum absolute atomic E-state index is 0.0317. The fourth-order valence-electron chi connectivity index (χ4n) is 17.7. The average Bonchev–Trinajstić information content (AvgIpc) is 0.989. The number of halogens is 2. The van der Waals surface area contributed by atoms with Crippen LogP contribution in [0, 0.1) is 46.3 Å². The number of amides is 3. The molecule has 3 aromatic carbocycles. The van der Waals surface area contributed by atoms with Gasteiger partial charge in [0.1, 0.15) is 48.3 Å². The molecule has 3 aromatic heterocycles. The predicted molar refractivity (Wildman–Crippen MR) is 381 cm³/mol. The van der Waals surface area contributed by atoms with E-state index in [1.165, 1.54) is 45.3 Å². The number of pyridine rings is 1. The molecule has 0 radical (unpaired) electrons. The fraction of sp³-hybridized carbons (Fsp3) is 0.618. The van der Waals surface area contributed by atoms with Gasteiger partial charge < -0.3 is 38.5 Å². The van der Waals surface area contributed by atoms with E-state index in [9.17, 15) is 19.2 Å². The molecule has 3 unspecified atom stereocenters. The van der Waals surface area contributed by atoms with Crippen molar-refractivity contribution in [1.82, 2.24) is 44.1 Å². The Morgan fingerprint density at radius 1 is 0.776 bits per heavy atom. The summed E-state index contributed by atoms with van der Waals surface area (Å²) in [5.41, 5.74) is 6.74. The Labute approximate surface area is 576 Å². The number of piperidine rings is 4. The molecule has 7 aliphatic rings. The summed E-state index contributed by atoms with van der Waals surface area (Å²) in [6.45, 7) is 28.6. The quantitative estimate of drug-likeness (QED) is 0.0350. The van der Waals surface area contributed by atoms with Crippen LogP contribution in [0.15, 0.2) is 53.5 Å². The smallest absolute Gasteiger partial charge is 0.410 e. The Morgan fingerprint density at radius 2 is 1.44 bits per heavy atom. The minimum Gasteiger partial charge on any atom is -0.468 e. The molecule has 98 heavy (non-hydrogen) atoms. The molecule has 7 fully saturated rings. The zero-order valence-electron chi connectivity index (χ0n) is 59.5. The van der Waals surface area contributed by atoms with Crippen molar-refractivity contribution in [3.05, 3.63) is 76.3 Å². The number of piperazine rings is 1. The van der Waals surface area contributed by atoms with E-state index in [4.69, 9.17) is 33.9 Å². The Hall–Kier alpha value is -7.19. The van der Waals surface area contributed by atoms with E-state index >= 15 is 8.78 Å². The van der Waals surface area contributed by atoms with Crippen LogP contribution < -0.4 is 30.3 Å². The molecule has 3 amide bonds. The average molecular weight is 1360 g/mol. The van der Waals surface area contributed by atoms with E-state index in [2.05, 4.69) is 90.1 Å². The Bertz CT molecular complexity index is 4080. The van der Waals surface area contributed by atoms with Gasteiger partial charge in [-0.05, 0) is 200 Å². The molecular formula is C76H101F2N11O8Si. The van der Waals surface area contributed by atoms with Crippen LogP contribution in [0.4, 0.5) is 25.1 Å². The number of carbonyl (C=O) groups is 3. The van der Waals surface area contributed by atoms with Gasteiger partial charge in [-0.1, -0.05) is 53.5 Å². The van der Waals surface area contributed by atoms with Crippen molar-refractivity contribution in [3.63, 3.8) is 0 Å². The second kappa shape index (κ2) is 28.1. The monoisotopic (exact) mass is 1360 g/mol. The summed E-state index contributed by atoms with van der Waals surface area (Å²) in [6, 6.07) is 11.8.